The third-order valence-electron chi connectivity index (χ3n) is 3.14. The molecule has 0 aliphatic carbocycles. The second kappa shape index (κ2) is 6.37. The summed E-state index contributed by atoms with van der Waals surface area (Å²) in [6.45, 7) is 7.13. The smallest absolute Gasteiger partial charge is 0.152 e. The van der Waals surface area contributed by atoms with Gasteiger partial charge in [-0.1, -0.05) is 13.0 Å². The molecule has 4 nitrogen and oxygen atoms in total. The van der Waals surface area contributed by atoms with Crippen molar-refractivity contribution in [2.24, 2.45) is 0 Å². The maximum atomic E-state index is 5.53. The van der Waals surface area contributed by atoms with Crippen molar-refractivity contribution in [2.45, 2.75) is 27.2 Å². The van der Waals surface area contributed by atoms with Crippen LogP contribution in [-0.2, 0) is 0 Å². The minimum Gasteiger partial charge on any atom is -0.496 e. The van der Waals surface area contributed by atoms with E-state index < -0.39 is 0 Å². The van der Waals surface area contributed by atoms with E-state index in [-0.39, 0.29) is 0 Å². The van der Waals surface area contributed by atoms with Crippen LogP contribution in [0.3, 0.4) is 0 Å². The first kappa shape index (κ1) is 14.3. The Hall–Kier alpha value is -2.10. The van der Waals surface area contributed by atoms with Gasteiger partial charge in [-0.25, -0.2) is 4.98 Å². The van der Waals surface area contributed by atoms with E-state index in [4.69, 9.17) is 4.74 Å². The molecule has 0 aliphatic rings. The monoisotopic (exact) mass is 271 g/mol. The minimum atomic E-state index is 0.805. The zero-order chi connectivity index (χ0) is 14.5. The summed E-state index contributed by atoms with van der Waals surface area (Å²) in [5.74, 6) is 1.64. The van der Waals surface area contributed by atoms with Gasteiger partial charge in [0.15, 0.2) is 5.82 Å². The highest BCUT2D eigenvalue weighted by atomic mass is 16.5. The Balaban J connectivity index is 2.56. The number of rotatable bonds is 5. The number of hydrogen-bond acceptors (Lipinski definition) is 4. The van der Waals surface area contributed by atoms with Crippen molar-refractivity contribution in [2.75, 3.05) is 19.0 Å². The molecule has 106 valence electrons. The average Bonchev–Trinajstić information content (AvgIpc) is 2.45. The van der Waals surface area contributed by atoms with Crippen molar-refractivity contribution < 1.29 is 4.74 Å². The lowest BCUT2D eigenvalue weighted by Crippen LogP contribution is -2.06. The highest BCUT2D eigenvalue weighted by molar-refractivity contribution is 5.79. The van der Waals surface area contributed by atoms with E-state index in [1.807, 2.05) is 6.07 Å². The third kappa shape index (κ3) is 2.90. The van der Waals surface area contributed by atoms with E-state index in [9.17, 15) is 0 Å². The molecule has 0 unspecified atom stereocenters. The Morgan fingerprint density at radius 2 is 1.90 bits per heavy atom. The fraction of sp³-hybridized carbons (Fsp3) is 0.375. The molecule has 0 saturated carbocycles. The van der Waals surface area contributed by atoms with Gasteiger partial charge in [0, 0.05) is 24.5 Å². The van der Waals surface area contributed by atoms with Crippen LogP contribution >= 0.6 is 0 Å². The van der Waals surface area contributed by atoms with Gasteiger partial charge in [-0.2, -0.15) is 0 Å². The summed E-state index contributed by atoms with van der Waals surface area (Å²) in [4.78, 5) is 8.90. The normalized spacial score (nSPS) is 10.4. The van der Waals surface area contributed by atoms with Crippen LogP contribution in [0.2, 0.25) is 0 Å². The largest absolute Gasteiger partial charge is 0.496 e. The molecule has 0 spiro atoms. The van der Waals surface area contributed by atoms with Gasteiger partial charge in [0.1, 0.15) is 11.4 Å². The number of aryl methyl sites for hydroxylation is 2. The Labute approximate surface area is 120 Å². The Morgan fingerprint density at radius 3 is 2.60 bits per heavy atom. The van der Waals surface area contributed by atoms with E-state index in [0.29, 0.717) is 0 Å². The maximum absolute atomic E-state index is 5.53. The standard InChI is InChI=1S/C16H21N3O/c1-5-6-18-16-15(17-7-8-19-16)14-12(3)9-11(2)10-13(14)20-4/h7-10H,5-6H2,1-4H3,(H,18,19). The van der Waals surface area contributed by atoms with E-state index in [1.54, 1.807) is 19.5 Å². The molecule has 20 heavy (non-hydrogen) atoms. The quantitative estimate of drug-likeness (QED) is 0.902. The van der Waals surface area contributed by atoms with Crippen LogP contribution in [0.25, 0.3) is 11.3 Å². The van der Waals surface area contributed by atoms with Gasteiger partial charge in [-0.15, -0.1) is 0 Å². The van der Waals surface area contributed by atoms with Gasteiger partial charge < -0.3 is 10.1 Å². The van der Waals surface area contributed by atoms with E-state index >= 15 is 0 Å². The molecule has 0 aliphatic heterocycles. The second-order valence-electron chi connectivity index (χ2n) is 4.84. The summed E-state index contributed by atoms with van der Waals surface area (Å²) in [6, 6.07) is 4.16. The number of nitrogens with one attached hydrogen (secondary N) is 1. The average molecular weight is 271 g/mol. The van der Waals surface area contributed by atoms with Gasteiger partial charge >= 0.3 is 0 Å². The van der Waals surface area contributed by atoms with Crippen molar-refractivity contribution in [3.63, 3.8) is 0 Å². The van der Waals surface area contributed by atoms with Crippen LogP contribution in [0.15, 0.2) is 24.5 Å². The molecular formula is C16H21N3O. The predicted octanol–water partition coefficient (Wildman–Crippen LogP) is 3.59. The molecule has 4 heteroatoms. The second-order valence-corrected chi connectivity index (χ2v) is 4.84. The number of nitrogens with zero attached hydrogens (tertiary/aromatic N) is 2. The fourth-order valence-corrected chi connectivity index (χ4v) is 2.29. The van der Waals surface area contributed by atoms with E-state index in [2.05, 4.69) is 42.1 Å². The number of anilines is 1. The molecule has 0 saturated heterocycles. The molecule has 0 atom stereocenters. The van der Waals surface area contributed by atoms with Crippen LogP contribution in [-0.4, -0.2) is 23.6 Å². The molecule has 2 rings (SSSR count). The summed E-state index contributed by atoms with van der Waals surface area (Å²) in [5, 5.41) is 3.33. The van der Waals surface area contributed by atoms with Gasteiger partial charge in [0.2, 0.25) is 0 Å². The number of hydrogen-bond donors (Lipinski definition) is 1. The molecule has 1 N–H and O–H groups in total. The Bertz CT molecular complexity index is 596. The van der Waals surface area contributed by atoms with Crippen molar-refractivity contribution in [1.29, 1.82) is 0 Å². The number of benzene rings is 1. The molecular weight excluding hydrogens is 250 g/mol. The van der Waals surface area contributed by atoms with E-state index in [0.717, 1.165) is 41.4 Å². The van der Waals surface area contributed by atoms with Gasteiger partial charge in [-0.3, -0.25) is 4.98 Å². The lowest BCUT2D eigenvalue weighted by molar-refractivity contribution is 0.415. The number of ether oxygens (including phenoxy) is 1. The first-order chi connectivity index (χ1) is 9.67. The maximum Gasteiger partial charge on any atom is 0.152 e. The van der Waals surface area contributed by atoms with Crippen molar-refractivity contribution in [3.8, 4) is 17.0 Å². The van der Waals surface area contributed by atoms with Crippen LogP contribution in [0.1, 0.15) is 24.5 Å². The fourth-order valence-electron chi connectivity index (χ4n) is 2.29. The Kier molecular flexibility index (Phi) is 4.56. The molecule has 0 radical (unpaired) electrons. The van der Waals surface area contributed by atoms with Gasteiger partial charge in [0.05, 0.1) is 7.11 Å². The SMILES string of the molecule is CCCNc1nccnc1-c1c(C)cc(C)cc1OC. The first-order valence-corrected chi connectivity index (χ1v) is 6.87. The highest BCUT2D eigenvalue weighted by Crippen LogP contribution is 2.36. The highest BCUT2D eigenvalue weighted by Gasteiger charge is 2.15. The summed E-state index contributed by atoms with van der Waals surface area (Å²) in [7, 11) is 1.69. The van der Waals surface area contributed by atoms with Crippen LogP contribution < -0.4 is 10.1 Å². The summed E-state index contributed by atoms with van der Waals surface area (Å²) in [5.41, 5.74) is 4.16. The zero-order valence-electron chi connectivity index (χ0n) is 12.5. The summed E-state index contributed by atoms with van der Waals surface area (Å²) < 4.78 is 5.53. The number of methoxy groups -OCH3 is 1. The zero-order valence-corrected chi connectivity index (χ0v) is 12.5. The third-order valence-corrected chi connectivity index (χ3v) is 3.14. The van der Waals surface area contributed by atoms with Crippen molar-refractivity contribution in [1.82, 2.24) is 9.97 Å². The minimum absolute atomic E-state index is 0.805. The summed E-state index contributed by atoms with van der Waals surface area (Å²) in [6.07, 6.45) is 4.46. The topological polar surface area (TPSA) is 47.0 Å². The van der Waals surface area contributed by atoms with Crippen LogP contribution in [0, 0.1) is 13.8 Å². The van der Waals surface area contributed by atoms with Gasteiger partial charge in [-0.05, 0) is 37.5 Å². The lowest BCUT2D eigenvalue weighted by atomic mass is 10.0. The first-order valence-electron chi connectivity index (χ1n) is 6.87. The van der Waals surface area contributed by atoms with E-state index in [1.165, 1.54) is 5.56 Å². The molecule has 0 fully saturated rings. The van der Waals surface area contributed by atoms with Crippen LogP contribution in [0.4, 0.5) is 5.82 Å². The van der Waals surface area contributed by atoms with Crippen molar-refractivity contribution in [3.05, 3.63) is 35.7 Å². The van der Waals surface area contributed by atoms with Gasteiger partial charge in [0.25, 0.3) is 0 Å². The summed E-state index contributed by atoms with van der Waals surface area (Å²) >= 11 is 0. The molecule has 1 heterocycles. The van der Waals surface area contributed by atoms with Crippen molar-refractivity contribution >= 4 is 5.82 Å². The molecule has 1 aromatic carbocycles. The van der Waals surface area contributed by atoms with Crippen LogP contribution in [0.5, 0.6) is 5.75 Å². The molecule has 0 bridgehead atoms. The molecule has 1 aromatic heterocycles. The Morgan fingerprint density at radius 1 is 1.15 bits per heavy atom. The number of aromatic nitrogens is 2. The lowest BCUT2D eigenvalue weighted by Gasteiger charge is -2.15. The molecule has 0 amide bonds. The molecule has 2 aromatic rings. The predicted molar refractivity (Wildman–Crippen MR) is 82.3 cm³/mol.